The molecule has 2 aromatic carbocycles. The van der Waals surface area contributed by atoms with E-state index in [9.17, 15) is 9.59 Å². The molecule has 1 aliphatic rings. The van der Waals surface area contributed by atoms with Crippen LogP contribution in [-0.4, -0.2) is 18.0 Å². The van der Waals surface area contributed by atoms with Crippen LogP contribution in [0.2, 0.25) is 0 Å². The summed E-state index contributed by atoms with van der Waals surface area (Å²) in [6.45, 7) is 5.78. The second-order valence-electron chi connectivity index (χ2n) is 6.83. The first-order chi connectivity index (χ1) is 12.9. The maximum atomic E-state index is 12.2. The van der Waals surface area contributed by atoms with Crippen LogP contribution in [0.15, 0.2) is 36.4 Å². The van der Waals surface area contributed by atoms with Crippen LogP contribution in [0.1, 0.15) is 35.6 Å². The van der Waals surface area contributed by atoms with Crippen LogP contribution in [0, 0.1) is 25.7 Å². The number of benzene rings is 2. The molecule has 1 atom stereocenters. The fourth-order valence-corrected chi connectivity index (χ4v) is 2.91. The van der Waals surface area contributed by atoms with Gasteiger partial charge in [0.1, 0.15) is 0 Å². The highest BCUT2D eigenvalue weighted by Gasteiger charge is 2.14. The maximum Gasteiger partial charge on any atom is 0.320 e. The molecule has 0 fully saturated rings. The van der Waals surface area contributed by atoms with Gasteiger partial charge in [-0.05, 0) is 68.1 Å². The highest BCUT2D eigenvalue weighted by atomic mass is 16.2. The number of carbonyl (C=O) groups excluding carboxylic acids is 2. The molecule has 0 aromatic heterocycles. The van der Waals surface area contributed by atoms with Crippen LogP contribution in [-0.2, 0) is 11.2 Å². The van der Waals surface area contributed by atoms with E-state index in [1.807, 2.05) is 57.2 Å². The topological polar surface area (TPSA) is 70.2 Å². The van der Waals surface area contributed by atoms with Crippen molar-refractivity contribution in [1.82, 2.24) is 5.32 Å². The second-order valence-corrected chi connectivity index (χ2v) is 6.83. The zero-order chi connectivity index (χ0) is 19.4. The lowest BCUT2D eigenvalue weighted by molar-refractivity contribution is -0.116. The molecule has 3 N–H and O–H groups in total. The largest absolute Gasteiger partial charge is 0.326 e. The molecular weight excluding hydrogens is 338 g/mol. The summed E-state index contributed by atoms with van der Waals surface area (Å²) in [5.74, 6) is 6.19. The molecule has 138 valence electrons. The lowest BCUT2D eigenvalue weighted by Crippen LogP contribution is -2.35. The van der Waals surface area contributed by atoms with Gasteiger partial charge < -0.3 is 16.0 Å². The molecule has 5 heteroatoms. The number of urea groups is 1. The van der Waals surface area contributed by atoms with Crippen molar-refractivity contribution in [1.29, 1.82) is 0 Å². The van der Waals surface area contributed by atoms with Gasteiger partial charge in [-0.15, -0.1) is 0 Å². The third kappa shape index (κ3) is 4.89. The van der Waals surface area contributed by atoms with Crippen molar-refractivity contribution in [2.75, 3.05) is 10.6 Å². The minimum Gasteiger partial charge on any atom is -0.326 e. The van der Waals surface area contributed by atoms with E-state index >= 15 is 0 Å². The predicted molar refractivity (Wildman–Crippen MR) is 108 cm³/mol. The Morgan fingerprint density at radius 3 is 2.78 bits per heavy atom. The maximum absolute atomic E-state index is 12.2. The number of hydrogen-bond acceptors (Lipinski definition) is 2. The lowest BCUT2D eigenvalue weighted by atomic mass is 10.0. The van der Waals surface area contributed by atoms with Crippen LogP contribution in [0.5, 0.6) is 0 Å². The summed E-state index contributed by atoms with van der Waals surface area (Å²) < 4.78 is 0. The van der Waals surface area contributed by atoms with Crippen LogP contribution < -0.4 is 16.0 Å². The molecule has 5 nitrogen and oxygen atoms in total. The standard InChI is InChI=1S/C22H23N3O2/c1-14-4-5-15(2)20(12-14)25-22(27)23-16(3)6-7-17-8-10-19-18(13-17)9-11-21(26)24-19/h4-5,8,10,12-13,16H,9,11H2,1-3H3,(H,24,26)(H2,23,25,27). The summed E-state index contributed by atoms with van der Waals surface area (Å²) in [5, 5.41) is 8.56. The predicted octanol–water partition coefficient (Wildman–Crippen LogP) is 3.75. The summed E-state index contributed by atoms with van der Waals surface area (Å²) >= 11 is 0. The number of amides is 3. The molecular formula is C22H23N3O2. The normalized spacial score (nSPS) is 13.5. The fraction of sp³-hybridized carbons (Fsp3) is 0.273. The summed E-state index contributed by atoms with van der Waals surface area (Å²) in [4.78, 5) is 23.6. The van der Waals surface area contributed by atoms with Gasteiger partial charge in [0.15, 0.2) is 0 Å². The number of fused-ring (bicyclic) bond motifs is 1. The summed E-state index contributed by atoms with van der Waals surface area (Å²) in [7, 11) is 0. The highest BCUT2D eigenvalue weighted by molar-refractivity contribution is 5.94. The number of aryl methyl sites for hydroxylation is 3. The molecule has 0 bridgehead atoms. The molecule has 0 spiro atoms. The molecule has 3 amide bonds. The summed E-state index contributed by atoms with van der Waals surface area (Å²) in [6.07, 6.45) is 1.23. The van der Waals surface area contributed by atoms with Gasteiger partial charge in [0, 0.05) is 23.4 Å². The first-order valence-electron chi connectivity index (χ1n) is 9.00. The van der Waals surface area contributed by atoms with E-state index in [1.54, 1.807) is 0 Å². The van der Waals surface area contributed by atoms with E-state index in [0.29, 0.717) is 6.42 Å². The number of carbonyl (C=O) groups is 2. The minimum absolute atomic E-state index is 0.0500. The van der Waals surface area contributed by atoms with Gasteiger partial charge >= 0.3 is 6.03 Å². The van der Waals surface area contributed by atoms with Crippen LogP contribution in [0.3, 0.4) is 0 Å². The van der Waals surface area contributed by atoms with E-state index in [4.69, 9.17) is 0 Å². The molecule has 0 saturated heterocycles. The van der Waals surface area contributed by atoms with Gasteiger partial charge in [-0.1, -0.05) is 24.0 Å². The van der Waals surface area contributed by atoms with Crippen molar-refractivity contribution >= 4 is 23.3 Å². The Balaban J connectivity index is 1.61. The molecule has 27 heavy (non-hydrogen) atoms. The Hall–Kier alpha value is -3.26. The third-order valence-corrected chi connectivity index (χ3v) is 4.42. The molecule has 0 saturated carbocycles. The summed E-state index contributed by atoms with van der Waals surface area (Å²) in [5.41, 5.74) is 5.71. The molecule has 1 heterocycles. The number of rotatable bonds is 2. The van der Waals surface area contributed by atoms with E-state index < -0.39 is 0 Å². The lowest BCUT2D eigenvalue weighted by Gasteiger charge is -2.16. The average molecular weight is 361 g/mol. The van der Waals surface area contributed by atoms with Crippen molar-refractivity contribution in [3.05, 3.63) is 58.7 Å². The zero-order valence-corrected chi connectivity index (χ0v) is 15.8. The van der Waals surface area contributed by atoms with E-state index in [1.165, 1.54) is 0 Å². The SMILES string of the molecule is Cc1ccc(C)c(NC(=O)NC(C)C#Cc2ccc3c(c2)CCC(=O)N3)c1. The van der Waals surface area contributed by atoms with Crippen LogP contribution in [0.25, 0.3) is 0 Å². The van der Waals surface area contributed by atoms with Crippen molar-refractivity contribution < 1.29 is 9.59 Å². The molecule has 0 aliphatic carbocycles. The van der Waals surface area contributed by atoms with Gasteiger partial charge in [-0.2, -0.15) is 0 Å². The van der Waals surface area contributed by atoms with Crippen LogP contribution >= 0.6 is 0 Å². The Bertz CT molecular complexity index is 954. The quantitative estimate of drug-likeness (QED) is 0.713. The van der Waals surface area contributed by atoms with E-state index in [2.05, 4.69) is 27.8 Å². The molecule has 2 aromatic rings. The Labute approximate surface area is 159 Å². The van der Waals surface area contributed by atoms with Crippen molar-refractivity contribution in [3.8, 4) is 11.8 Å². The number of hydrogen-bond donors (Lipinski definition) is 3. The van der Waals surface area contributed by atoms with Crippen molar-refractivity contribution in [2.24, 2.45) is 0 Å². The number of nitrogens with one attached hydrogen (secondary N) is 3. The van der Waals surface area contributed by atoms with Gasteiger partial charge in [0.2, 0.25) is 5.91 Å². The molecule has 1 aliphatic heterocycles. The minimum atomic E-state index is -0.300. The zero-order valence-electron chi connectivity index (χ0n) is 15.8. The Kier molecular flexibility index (Phi) is 5.46. The van der Waals surface area contributed by atoms with Crippen LogP contribution in [0.4, 0.5) is 16.2 Å². The van der Waals surface area contributed by atoms with E-state index in [-0.39, 0.29) is 18.0 Å². The number of anilines is 2. The first kappa shape index (κ1) is 18.5. The molecule has 0 radical (unpaired) electrons. The second kappa shape index (κ2) is 7.96. The average Bonchev–Trinajstić information content (AvgIpc) is 2.63. The van der Waals surface area contributed by atoms with Crippen molar-refractivity contribution in [2.45, 2.75) is 39.7 Å². The Morgan fingerprint density at radius 2 is 1.96 bits per heavy atom. The highest BCUT2D eigenvalue weighted by Crippen LogP contribution is 2.23. The van der Waals surface area contributed by atoms with Gasteiger partial charge in [-0.3, -0.25) is 4.79 Å². The smallest absolute Gasteiger partial charge is 0.320 e. The first-order valence-corrected chi connectivity index (χ1v) is 9.00. The van der Waals surface area contributed by atoms with Crippen molar-refractivity contribution in [3.63, 3.8) is 0 Å². The molecule has 1 unspecified atom stereocenters. The van der Waals surface area contributed by atoms with Gasteiger partial charge in [-0.25, -0.2) is 4.79 Å². The van der Waals surface area contributed by atoms with Gasteiger partial charge in [0.25, 0.3) is 0 Å². The van der Waals surface area contributed by atoms with E-state index in [0.717, 1.165) is 40.0 Å². The van der Waals surface area contributed by atoms with Gasteiger partial charge in [0.05, 0.1) is 6.04 Å². The summed E-state index contributed by atoms with van der Waals surface area (Å²) in [6, 6.07) is 11.1. The Morgan fingerprint density at radius 1 is 1.15 bits per heavy atom. The molecule has 3 rings (SSSR count). The monoisotopic (exact) mass is 361 g/mol. The third-order valence-electron chi connectivity index (χ3n) is 4.42. The fourth-order valence-electron chi connectivity index (χ4n) is 2.91.